The van der Waals surface area contributed by atoms with Crippen LogP contribution in [0.2, 0.25) is 0 Å². The van der Waals surface area contributed by atoms with Crippen molar-refractivity contribution in [1.82, 2.24) is 5.32 Å². The van der Waals surface area contributed by atoms with Gasteiger partial charge in [0, 0.05) is 6.42 Å². The van der Waals surface area contributed by atoms with Crippen molar-refractivity contribution in [3.05, 3.63) is 0 Å². The van der Waals surface area contributed by atoms with E-state index in [2.05, 4.69) is 33.0 Å². The Kier molecular flexibility index (Phi) is 17.0. The number of carbonyl (C=O) groups excluding carboxylic acids is 2. The lowest BCUT2D eigenvalue weighted by molar-refractivity contribution is -0.124. The summed E-state index contributed by atoms with van der Waals surface area (Å²) in [6, 6.07) is 0. The molecule has 0 aromatic carbocycles. The third-order valence-electron chi connectivity index (χ3n) is 2.47. The molecule has 0 aromatic heterocycles. The van der Waals surface area contributed by atoms with Gasteiger partial charge in [0.25, 0.3) is 0 Å². The van der Waals surface area contributed by atoms with Crippen molar-refractivity contribution in [1.29, 1.82) is 0 Å². The summed E-state index contributed by atoms with van der Waals surface area (Å²) in [5, 5.41) is 2.48. The van der Waals surface area contributed by atoms with E-state index in [1.54, 1.807) is 0 Å². The number of primary amides is 1. The van der Waals surface area contributed by atoms with Gasteiger partial charge in [-0.3, -0.25) is 9.59 Å². The minimum Gasteiger partial charge on any atom is -0.368 e. The van der Waals surface area contributed by atoms with Crippen molar-refractivity contribution in [2.45, 2.75) is 79.1 Å². The van der Waals surface area contributed by atoms with Crippen LogP contribution in [0.15, 0.2) is 0 Å². The highest BCUT2D eigenvalue weighted by molar-refractivity contribution is 5.83. The third kappa shape index (κ3) is 25.7. The van der Waals surface area contributed by atoms with E-state index in [-0.39, 0.29) is 12.5 Å². The minimum atomic E-state index is -0.493. The van der Waals surface area contributed by atoms with E-state index < -0.39 is 5.91 Å². The zero-order valence-electron chi connectivity index (χ0n) is 13.8. The molecular formula is C16H34N2O2. The standard InChI is InChI=1S/C12H24N2O2.C4H10/c1-2-3-4-5-6-7-8-9-12(16)14-10-11(13)15;1-4(2)3/h2-10H2,1H3,(H2,13,15)(H,14,16);4H,1-3H3. The van der Waals surface area contributed by atoms with E-state index >= 15 is 0 Å². The fourth-order valence-corrected chi connectivity index (χ4v) is 1.52. The van der Waals surface area contributed by atoms with E-state index in [1.165, 1.54) is 32.1 Å². The highest BCUT2D eigenvalue weighted by Gasteiger charge is 2.01. The minimum absolute atomic E-state index is 0.0463. The van der Waals surface area contributed by atoms with Gasteiger partial charge in [-0.1, -0.05) is 66.2 Å². The fourth-order valence-electron chi connectivity index (χ4n) is 1.52. The Hall–Kier alpha value is -1.06. The average molecular weight is 286 g/mol. The highest BCUT2D eigenvalue weighted by atomic mass is 16.2. The van der Waals surface area contributed by atoms with Crippen LogP contribution < -0.4 is 11.1 Å². The van der Waals surface area contributed by atoms with Gasteiger partial charge in [-0.2, -0.15) is 0 Å². The maximum Gasteiger partial charge on any atom is 0.236 e. The molecular weight excluding hydrogens is 252 g/mol. The summed E-state index contributed by atoms with van der Waals surface area (Å²) in [5.74, 6) is 0.264. The van der Waals surface area contributed by atoms with E-state index in [4.69, 9.17) is 5.73 Å². The quantitative estimate of drug-likeness (QED) is 0.604. The van der Waals surface area contributed by atoms with Crippen LogP contribution in [0.1, 0.15) is 79.1 Å². The summed E-state index contributed by atoms with van der Waals surface area (Å²) in [4.78, 5) is 21.6. The summed E-state index contributed by atoms with van der Waals surface area (Å²) in [6.07, 6.45) is 8.81. The summed E-state index contributed by atoms with van der Waals surface area (Å²) in [5.41, 5.74) is 4.91. The predicted octanol–water partition coefficient (Wildman–Crippen LogP) is 3.39. The van der Waals surface area contributed by atoms with Gasteiger partial charge in [-0.15, -0.1) is 0 Å². The van der Waals surface area contributed by atoms with Gasteiger partial charge in [0.2, 0.25) is 11.8 Å². The number of nitrogens with two attached hydrogens (primary N) is 1. The van der Waals surface area contributed by atoms with E-state index in [0.717, 1.165) is 18.8 Å². The normalized spacial score (nSPS) is 9.85. The van der Waals surface area contributed by atoms with Crippen LogP contribution in [0.5, 0.6) is 0 Å². The molecule has 2 amide bonds. The van der Waals surface area contributed by atoms with Crippen LogP contribution >= 0.6 is 0 Å². The molecule has 0 heterocycles. The van der Waals surface area contributed by atoms with Crippen LogP contribution in [0.4, 0.5) is 0 Å². The number of hydrogen-bond donors (Lipinski definition) is 2. The molecule has 120 valence electrons. The Labute approximate surface area is 124 Å². The van der Waals surface area contributed by atoms with Crippen molar-refractivity contribution in [3.63, 3.8) is 0 Å². The molecule has 4 heteroatoms. The Morgan fingerprint density at radius 2 is 1.40 bits per heavy atom. The number of amides is 2. The average Bonchev–Trinajstić information content (AvgIpc) is 2.34. The zero-order valence-corrected chi connectivity index (χ0v) is 13.8. The second-order valence-corrected chi connectivity index (χ2v) is 5.85. The van der Waals surface area contributed by atoms with E-state index in [9.17, 15) is 9.59 Å². The first-order valence-corrected chi connectivity index (χ1v) is 7.95. The molecule has 0 aliphatic heterocycles. The maximum absolute atomic E-state index is 11.2. The van der Waals surface area contributed by atoms with Crippen molar-refractivity contribution < 1.29 is 9.59 Å². The molecule has 0 aromatic rings. The molecule has 0 saturated heterocycles. The van der Waals surface area contributed by atoms with Crippen molar-refractivity contribution in [2.24, 2.45) is 11.7 Å². The lowest BCUT2D eigenvalue weighted by Crippen LogP contribution is -2.33. The second kappa shape index (κ2) is 16.0. The zero-order chi connectivity index (χ0) is 15.8. The smallest absolute Gasteiger partial charge is 0.236 e. The van der Waals surface area contributed by atoms with E-state index in [0.29, 0.717) is 6.42 Å². The summed E-state index contributed by atoms with van der Waals surface area (Å²) >= 11 is 0. The van der Waals surface area contributed by atoms with Crippen LogP contribution in [0.25, 0.3) is 0 Å². The Bertz CT molecular complexity index is 238. The van der Waals surface area contributed by atoms with Gasteiger partial charge in [-0.25, -0.2) is 0 Å². The monoisotopic (exact) mass is 286 g/mol. The third-order valence-corrected chi connectivity index (χ3v) is 2.47. The molecule has 0 saturated carbocycles. The molecule has 0 aliphatic carbocycles. The number of hydrogen-bond acceptors (Lipinski definition) is 2. The first-order chi connectivity index (χ1) is 9.40. The molecule has 0 atom stereocenters. The topological polar surface area (TPSA) is 72.2 Å². The molecule has 0 fully saturated rings. The largest absolute Gasteiger partial charge is 0.368 e. The Morgan fingerprint density at radius 1 is 0.950 bits per heavy atom. The Balaban J connectivity index is 0. The summed E-state index contributed by atoms with van der Waals surface area (Å²) in [6.45, 7) is 8.65. The summed E-state index contributed by atoms with van der Waals surface area (Å²) < 4.78 is 0. The number of unbranched alkanes of at least 4 members (excludes halogenated alkanes) is 6. The molecule has 0 spiro atoms. The van der Waals surface area contributed by atoms with Crippen LogP contribution in [0, 0.1) is 5.92 Å². The van der Waals surface area contributed by atoms with Crippen LogP contribution in [-0.2, 0) is 9.59 Å². The molecule has 0 unspecified atom stereocenters. The van der Waals surface area contributed by atoms with Crippen molar-refractivity contribution in [3.8, 4) is 0 Å². The molecule has 0 bridgehead atoms. The molecule has 0 rings (SSSR count). The van der Waals surface area contributed by atoms with Gasteiger partial charge in [-0.05, 0) is 12.3 Å². The lowest BCUT2D eigenvalue weighted by atomic mass is 10.1. The lowest BCUT2D eigenvalue weighted by Gasteiger charge is -2.02. The van der Waals surface area contributed by atoms with Gasteiger partial charge in [0.15, 0.2) is 0 Å². The molecule has 4 nitrogen and oxygen atoms in total. The number of rotatable bonds is 10. The number of carbonyl (C=O) groups is 2. The van der Waals surface area contributed by atoms with Crippen LogP contribution in [-0.4, -0.2) is 18.4 Å². The molecule has 0 radical (unpaired) electrons. The van der Waals surface area contributed by atoms with Gasteiger partial charge in [0.05, 0.1) is 6.54 Å². The SMILES string of the molecule is CC(C)C.CCCCCCCCCC(=O)NCC(N)=O. The van der Waals surface area contributed by atoms with Gasteiger partial charge >= 0.3 is 0 Å². The first kappa shape index (κ1) is 21.2. The maximum atomic E-state index is 11.2. The Morgan fingerprint density at radius 3 is 1.85 bits per heavy atom. The van der Waals surface area contributed by atoms with E-state index in [1.807, 2.05) is 0 Å². The van der Waals surface area contributed by atoms with Gasteiger partial charge in [0.1, 0.15) is 0 Å². The van der Waals surface area contributed by atoms with Crippen molar-refractivity contribution >= 4 is 11.8 Å². The second-order valence-electron chi connectivity index (χ2n) is 5.85. The number of nitrogens with one attached hydrogen (secondary N) is 1. The van der Waals surface area contributed by atoms with Crippen molar-refractivity contribution in [2.75, 3.05) is 6.54 Å². The molecule has 20 heavy (non-hydrogen) atoms. The van der Waals surface area contributed by atoms with Gasteiger partial charge < -0.3 is 11.1 Å². The van der Waals surface area contributed by atoms with Crippen LogP contribution in [0.3, 0.4) is 0 Å². The summed E-state index contributed by atoms with van der Waals surface area (Å²) in [7, 11) is 0. The first-order valence-electron chi connectivity index (χ1n) is 7.95. The predicted molar refractivity (Wildman–Crippen MR) is 85.3 cm³/mol. The fraction of sp³-hybridized carbons (Fsp3) is 0.875. The molecule has 0 aliphatic rings. The highest BCUT2D eigenvalue weighted by Crippen LogP contribution is 2.08. The molecule has 3 N–H and O–H groups in total.